The van der Waals surface area contributed by atoms with E-state index >= 15 is 0 Å². The minimum absolute atomic E-state index is 0.333. The molecule has 0 atom stereocenters. The fourth-order valence-electron chi connectivity index (χ4n) is 1.32. The standard InChI is InChI=1S/C10H7ClN4/c11-10-4-9(14-6-15-10)7(5-12)8-2-1-3-13-8/h1,3-4,6,13H,2H2/b8-7+. The third-order valence-corrected chi connectivity index (χ3v) is 2.21. The molecule has 1 aliphatic heterocycles. The van der Waals surface area contributed by atoms with Crippen LogP contribution in [-0.4, -0.2) is 9.97 Å². The quantitative estimate of drug-likeness (QED) is 0.578. The lowest BCUT2D eigenvalue weighted by Crippen LogP contribution is -2.02. The second kappa shape index (κ2) is 4.11. The molecule has 1 aromatic heterocycles. The SMILES string of the molecule is N#C/C(=C1/CC=CN1)c1cc(Cl)ncn1. The van der Waals surface area contributed by atoms with Crippen molar-refractivity contribution in [3.8, 4) is 6.07 Å². The van der Waals surface area contributed by atoms with E-state index < -0.39 is 0 Å². The Morgan fingerprint density at radius 3 is 3.00 bits per heavy atom. The molecule has 0 amide bonds. The zero-order chi connectivity index (χ0) is 10.7. The maximum atomic E-state index is 9.05. The number of hydrogen-bond donors (Lipinski definition) is 1. The first-order chi connectivity index (χ1) is 7.31. The molecule has 0 radical (unpaired) electrons. The number of hydrogen-bond acceptors (Lipinski definition) is 4. The fourth-order valence-corrected chi connectivity index (χ4v) is 1.47. The highest BCUT2D eigenvalue weighted by Crippen LogP contribution is 2.20. The van der Waals surface area contributed by atoms with E-state index in [1.807, 2.05) is 6.08 Å². The van der Waals surface area contributed by atoms with Crippen LogP contribution in [0.15, 0.2) is 30.4 Å². The van der Waals surface area contributed by atoms with Crippen LogP contribution in [0.3, 0.4) is 0 Å². The summed E-state index contributed by atoms with van der Waals surface area (Å²) in [5.41, 5.74) is 1.89. The summed E-state index contributed by atoms with van der Waals surface area (Å²) in [4.78, 5) is 7.78. The van der Waals surface area contributed by atoms with Crippen molar-refractivity contribution in [2.45, 2.75) is 6.42 Å². The van der Waals surface area contributed by atoms with Gasteiger partial charge in [-0.1, -0.05) is 17.7 Å². The van der Waals surface area contributed by atoms with E-state index in [-0.39, 0.29) is 0 Å². The highest BCUT2D eigenvalue weighted by atomic mass is 35.5. The van der Waals surface area contributed by atoms with E-state index in [1.54, 1.807) is 12.3 Å². The van der Waals surface area contributed by atoms with Crippen molar-refractivity contribution in [1.82, 2.24) is 15.3 Å². The minimum Gasteiger partial charge on any atom is -0.364 e. The van der Waals surface area contributed by atoms with Crippen molar-refractivity contribution in [3.05, 3.63) is 41.2 Å². The predicted octanol–water partition coefficient (Wildman–Crippen LogP) is 1.87. The lowest BCUT2D eigenvalue weighted by atomic mass is 10.1. The van der Waals surface area contributed by atoms with Crippen LogP contribution < -0.4 is 5.32 Å². The van der Waals surface area contributed by atoms with Crippen molar-refractivity contribution in [2.75, 3.05) is 0 Å². The fraction of sp³-hybridized carbons (Fsp3) is 0.100. The van der Waals surface area contributed by atoms with Crippen LogP contribution in [0.4, 0.5) is 0 Å². The van der Waals surface area contributed by atoms with Gasteiger partial charge in [0.2, 0.25) is 0 Å². The first-order valence-corrected chi connectivity index (χ1v) is 4.72. The first kappa shape index (κ1) is 9.69. The van der Waals surface area contributed by atoms with Crippen molar-refractivity contribution < 1.29 is 0 Å². The van der Waals surface area contributed by atoms with Gasteiger partial charge in [0, 0.05) is 18.2 Å². The van der Waals surface area contributed by atoms with Gasteiger partial charge >= 0.3 is 0 Å². The molecule has 0 saturated heterocycles. The molecule has 15 heavy (non-hydrogen) atoms. The number of halogens is 1. The third-order valence-electron chi connectivity index (χ3n) is 2.00. The van der Waals surface area contributed by atoms with E-state index in [1.165, 1.54) is 6.33 Å². The average molecular weight is 219 g/mol. The van der Waals surface area contributed by atoms with E-state index in [4.69, 9.17) is 16.9 Å². The van der Waals surface area contributed by atoms with Crippen LogP contribution in [0.25, 0.3) is 5.57 Å². The topological polar surface area (TPSA) is 61.6 Å². The van der Waals surface area contributed by atoms with E-state index in [9.17, 15) is 0 Å². The Bertz CT molecular complexity index is 474. The summed E-state index contributed by atoms with van der Waals surface area (Å²) in [6.07, 6.45) is 5.80. The molecule has 0 spiro atoms. The molecule has 0 unspecified atom stereocenters. The van der Waals surface area contributed by atoms with Crippen LogP contribution in [0.1, 0.15) is 12.1 Å². The molecular formula is C10H7ClN4. The number of nitriles is 1. The van der Waals surface area contributed by atoms with Crippen molar-refractivity contribution in [1.29, 1.82) is 5.26 Å². The van der Waals surface area contributed by atoms with Gasteiger partial charge in [-0.05, 0) is 6.20 Å². The lowest BCUT2D eigenvalue weighted by molar-refractivity contribution is 1.06. The van der Waals surface area contributed by atoms with Crippen LogP contribution in [0.5, 0.6) is 0 Å². The zero-order valence-corrected chi connectivity index (χ0v) is 8.49. The molecule has 2 heterocycles. The summed E-state index contributed by atoms with van der Waals surface area (Å²) < 4.78 is 0. The Balaban J connectivity index is 2.45. The summed E-state index contributed by atoms with van der Waals surface area (Å²) >= 11 is 5.73. The molecule has 0 aliphatic carbocycles. The Morgan fingerprint density at radius 1 is 1.53 bits per heavy atom. The van der Waals surface area contributed by atoms with E-state index in [0.29, 0.717) is 22.8 Å². The monoisotopic (exact) mass is 218 g/mol. The summed E-state index contributed by atoms with van der Waals surface area (Å²) in [5, 5.41) is 12.4. The van der Waals surface area contributed by atoms with Gasteiger partial charge in [0.05, 0.1) is 11.3 Å². The number of nitrogens with zero attached hydrogens (tertiary/aromatic N) is 3. The second-order valence-electron chi connectivity index (χ2n) is 2.94. The van der Waals surface area contributed by atoms with Gasteiger partial charge in [-0.2, -0.15) is 5.26 Å². The molecule has 4 nitrogen and oxygen atoms in total. The van der Waals surface area contributed by atoms with Crippen molar-refractivity contribution in [3.63, 3.8) is 0 Å². The van der Waals surface area contributed by atoms with E-state index in [2.05, 4.69) is 21.4 Å². The van der Waals surface area contributed by atoms with Crippen LogP contribution >= 0.6 is 11.6 Å². The Hall–Kier alpha value is -1.86. The first-order valence-electron chi connectivity index (χ1n) is 4.34. The molecule has 2 rings (SSSR count). The Labute approximate surface area is 91.9 Å². The van der Waals surface area contributed by atoms with Gasteiger partial charge in [0.15, 0.2) is 0 Å². The highest BCUT2D eigenvalue weighted by molar-refractivity contribution is 6.29. The lowest BCUT2D eigenvalue weighted by Gasteiger charge is -2.03. The summed E-state index contributed by atoms with van der Waals surface area (Å²) in [6.45, 7) is 0. The van der Waals surface area contributed by atoms with Gasteiger partial charge < -0.3 is 5.32 Å². The van der Waals surface area contributed by atoms with Gasteiger partial charge in [0.1, 0.15) is 17.5 Å². The van der Waals surface area contributed by atoms with Crippen LogP contribution in [0, 0.1) is 11.3 Å². The maximum Gasteiger partial charge on any atom is 0.133 e. The van der Waals surface area contributed by atoms with Crippen LogP contribution in [0.2, 0.25) is 5.15 Å². The second-order valence-corrected chi connectivity index (χ2v) is 3.33. The van der Waals surface area contributed by atoms with Crippen molar-refractivity contribution in [2.24, 2.45) is 0 Å². The average Bonchev–Trinajstić information content (AvgIpc) is 2.72. The Kier molecular flexibility index (Phi) is 2.66. The normalized spacial score (nSPS) is 17.1. The van der Waals surface area contributed by atoms with Crippen LogP contribution in [-0.2, 0) is 0 Å². The molecule has 0 bridgehead atoms. The number of rotatable bonds is 1. The molecule has 1 aliphatic rings. The molecule has 1 N–H and O–H groups in total. The molecule has 0 fully saturated rings. The molecular weight excluding hydrogens is 212 g/mol. The number of nitrogens with one attached hydrogen (secondary N) is 1. The number of allylic oxidation sites excluding steroid dienone is 2. The molecule has 5 heteroatoms. The zero-order valence-electron chi connectivity index (χ0n) is 7.74. The van der Waals surface area contributed by atoms with Crippen molar-refractivity contribution >= 4 is 17.2 Å². The predicted molar refractivity (Wildman–Crippen MR) is 56.5 cm³/mol. The Morgan fingerprint density at radius 2 is 2.40 bits per heavy atom. The molecule has 74 valence electrons. The molecule has 1 aromatic rings. The van der Waals surface area contributed by atoms with Gasteiger partial charge in [0.25, 0.3) is 0 Å². The molecule has 0 saturated carbocycles. The maximum absolute atomic E-state index is 9.05. The van der Waals surface area contributed by atoms with Gasteiger partial charge in [-0.15, -0.1) is 0 Å². The summed E-state index contributed by atoms with van der Waals surface area (Å²) in [7, 11) is 0. The summed E-state index contributed by atoms with van der Waals surface area (Å²) in [5.74, 6) is 0. The third kappa shape index (κ3) is 1.97. The summed E-state index contributed by atoms with van der Waals surface area (Å²) in [6, 6.07) is 3.69. The van der Waals surface area contributed by atoms with Gasteiger partial charge in [-0.25, -0.2) is 9.97 Å². The highest BCUT2D eigenvalue weighted by Gasteiger charge is 2.11. The largest absolute Gasteiger partial charge is 0.364 e. The number of aromatic nitrogens is 2. The van der Waals surface area contributed by atoms with E-state index in [0.717, 1.165) is 5.70 Å². The molecule has 0 aromatic carbocycles. The smallest absolute Gasteiger partial charge is 0.133 e. The minimum atomic E-state index is 0.333. The van der Waals surface area contributed by atoms with Gasteiger partial charge in [-0.3, -0.25) is 0 Å².